The molecule has 6 nitrogen and oxygen atoms in total. The summed E-state index contributed by atoms with van der Waals surface area (Å²) in [6.07, 6.45) is -1.36. The molecule has 0 aliphatic heterocycles. The normalized spacial score (nSPS) is 20.3. The van der Waals surface area contributed by atoms with Gasteiger partial charge in [-0.2, -0.15) is 17.5 Å². The third kappa shape index (κ3) is 6.66. The van der Waals surface area contributed by atoms with Gasteiger partial charge in [0.1, 0.15) is 0 Å². The van der Waals surface area contributed by atoms with Crippen molar-refractivity contribution in [2.24, 2.45) is 5.92 Å². The fourth-order valence-corrected chi connectivity index (χ4v) is 5.33. The van der Waals surface area contributed by atoms with E-state index >= 15 is 0 Å². The molecular weight excluding hydrogens is 431 g/mol. The van der Waals surface area contributed by atoms with Crippen LogP contribution in [0.3, 0.4) is 0 Å². The first-order valence-corrected chi connectivity index (χ1v) is 11.8. The van der Waals surface area contributed by atoms with E-state index in [-0.39, 0.29) is 22.8 Å². The van der Waals surface area contributed by atoms with Crippen LogP contribution in [0.15, 0.2) is 29.2 Å². The van der Waals surface area contributed by atoms with E-state index in [0.717, 1.165) is 37.2 Å². The molecule has 0 radical (unpaired) electrons. The number of amides is 1. The summed E-state index contributed by atoms with van der Waals surface area (Å²) in [5.41, 5.74) is -0.886. The van der Waals surface area contributed by atoms with Crippen LogP contribution in [0, 0.1) is 5.92 Å². The van der Waals surface area contributed by atoms with Crippen molar-refractivity contribution in [3.8, 4) is 0 Å². The van der Waals surface area contributed by atoms with Crippen LogP contribution >= 0.6 is 0 Å². The summed E-state index contributed by atoms with van der Waals surface area (Å²) in [5, 5.41) is 0. The highest BCUT2D eigenvalue weighted by atomic mass is 32.2. The molecule has 1 aliphatic rings. The maximum atomic E-state index is 12.9. The van der Waals surface area contributed by atoms with E-state index in [0.29, 0.717) is 32.2 Å². The van der Waals surface area contributed by atoms with Crippen LogP contribution in [0.2, 0.25) is 0 Å². The fraction of sp³-hybridized carbons (Fsp3) is 0.667. The van der Waals surface area contributed by atoms with Gasteiger partial charge in [-0.3, -0.25) is 4.79 Å². The molecule has 0 unspecified atom stereocenters. The summed E-state index contributed by atoms with van der Waals surface area (Å²) < 4.78 is 65.1. The van der Waals surface area contributed by atoms with E-state index < -0.39 is 21.8 Å². The zero-order valence-corrected chi connectivity index (χ0v) is 19.3. The highest BCUT2D eigenvalue weighted by Gasteiger charge is 2.35. The van der Waals surface area contributed by atoms with E-state index in [1.807, 2.05) is 14.1 Å². The van der Waals surface area contributed by atoms with Crippen LogP contribution < -0.4 is 0 Å². The lowest BCUT2D eigenvalue weighted by Gasteiger charge is -2.35. The second kappa shape index (κ2) is 10.3. The third-order valence-electron chi connectivity index (χ3n) is 5.89. The lowest BCUT2D eigenvalue weighted by Crippen LogP contribution is -2.42. The number of sulfonamides is 1. The van der Waals surface area contributed by atoms with Gasteiger partial charge < -0.3 is 9.80 Å². The minimum Gasteiger partial charge on any atom is -0.345 e. The Kier molecular flexibility index (Phi) is 8.52. The summed E-state index contributed by atoms with van der Waals surface area (Å²) in [6, 6.07) is 3.26. The molecule has 1 aliphatic carbocycles. The molecule has 1 amide bonds. The summed E-state index contributed by atoms with van der Waals surface area (Å²) in [6.45, 7) is 1.58. The zero-order valence-electron chi connectivity index (χ0n) is 18.5. The average Bonchev–Trinajstić information content (AvgIpc) is 2.71. The van der Waals surface area contributed by atoms with Gasteiger partial charge in [0.2, 0.25) is 15.9 Å². The van der Waals surface area contributed by atoms with Crippen molar-refractivity contribution in [2.75, 3.05) is 41.3 Å². The maximum absolute atomic E-state index is 12.9. The number of halogens is 3. The molecule has 0 heterocycles. The predicted molar refractivity (Wildman–Crippen MR) is 113 cm³/mol. The lowest BCUT2D eigenvalue weighted by atomic mass is 9.85. The van der Waals surface area contributed by atoms with Crippen LogP contribution in [0.1, 0.15) is 37.7 Å². The van der Waals surface area contributed by atoms with Crippen molar-refractivity contribution in [1.29, 1.82) is 0 Å². The molecule has 31 heavy (non-hydrogen) atoms. The van der Waals surface area contributed by atoms with E-state index in [1.54, 1.807) is 11.9 Å². The van der Waals surface area contributed by atoms with Crippen molar-refractivity contribution in [1.82, 2.24) is 14.1 Å². The first-order valence-electron chi connectivity index (χ1n) is 10.4. The van der Waals surface area contributed by atoms with Crippen LogP contribution in [0.5, 0.6) is 0 Å². The van der Waals surface area contributed by atoms with Crippen molar-refractivity contribution < 1.29 is 26.4 Å². The molecule has 0 bridgehead atoms. The molecule has 176 valence electrons. The van der Waals surface area contributed by atoms with E-state index in [1.165, 1.54) is 11.4 Å². The average molecular weight is 464 g/mol. The Bertz CT molecular complexity index is 834. The van der Waals surface area contributed by atoms with Crippen molar-refractivity contribution >= 4 is 15.9 Å². The number of hydrogen-bond acceptors (Lipinski definition) is 4. The highest BCUT2D eigenvalue weighted by Crippen LogP contribution is 2.33. The molecule has 1 aromatic rings. The molecule has 0 aromatic heterocycles. The minimum atomic E-state index is -4.52. The van der Waals surface area contributed by atoms with Crippen molar-refractivity contribution in [3.05, 3.63) is 29.8 Å². The fourth-order valence-electron chi connectivity index (χ4n) is 3.91. The summed E-state index contributed by atoms with van der Waals surface area (Å²) >= 11 is 0. The van der Waals surface area contributed by atoms with Crippen molar-refractivity contribution in [3.63, 3.8) is 0 Å². The van der Waals surface area contributed by atoms with Gasteiger partial charge in [0.25, 0.3) is 0 Å². The first-order chi connectivity index (χ1) is 14.3. The van der Waals surface area contributed by atoms with E-state index in [9.17, 15) is 26.4 Å². The van der Waals surface area contributed by atoms with Gasteiger partial charge in [-0.1, -0.05) is 0 Å². The minimum absolute atomic E-state index is 0.0884. The Morgan fingerprint density at radius 2 is 1.52 bits per heavy atom. The van der Waals surface area contributed by atoms with Gasteiger partial charge >= 0.3 is 6.18 Å². The molecule has 0 saturated heterocycles. The van der Waals surface area contributed by atoms with Crippen LogP contribution in [-0.2, 0) is 21.0 Å². The molecule has 0 N–H and O–H groups in total. The molecule has 1 aromatic carbocycles. The van der Waals surface area contributed by atoms with Gasteiger partial charge in [0.15, 0.2) is 0 Å². The molecule has 1 saturated carbocycles. The molecule has 10 heteroatoms. The number of carbonyl (C=O) groups is 1. The quantitative estimate of drug-likeness (QED) is 0.594. The monoisotopic (exact) mass is 463 g/mol. The smallest absolute Gasteiger partial charge is 0.345 e. The van der Waals surface area contributed by atoms with E-state index in [2.05, 4.69) is 4.90 Å². The molecule has 1 fully saturated rings. The molecule has 0 atom stereocenters. The van der Waals surface area contributed by atoms with Gasteiger partial charge in [0.05, 0.1) is 10.5 Å². The van der Waals surface area contributed by atoms with Crippen molar-refractivity contribution in [2.45, 2.75) is 49.2 Å². The Hall–Kier alpha value is -1.65. The van der Waals surface area contributed by atoms with Gasteiger partial charge in [0, 0.05) is 32.6 Å². The first kappa shape index (κ1) is 25.6. The Labute approximate surface area is 183 Å². The number of rotatable bonds is 8. The highest BCUT2D eigenvalue weighted by molar-refractivity contribution is 7.89. The van der Waals surface area contributed by atoms with E-state index in [4.69, 9.17) is 0 Å². The Morgan fingerprint density at radius 3 is 2.00 bits per heavy atom. The second-order valence-corrected chi connectivity index (χ2v) is 10.5. The zero-order chi connectivity index (χ0) is 23.4. The molecular formula is C21H32F3N3O3S. The van der Waals surface area contributed by atoms with Crippen LogP contribution in [0.4, 0.5) is 13.2 Å². The number of hydrogen-bond donors (Lipinski definition) is 0. The van der Waals surface area contributed by atoms with Crippen LogP contribution in [0.25, 0.3) is 0 Å². The topological polar surface area (TPSA) is 60.9 Å². The molecule has 0 spiro atoms. The summed E-state index contributed by atoms with van der Waals surface area (Å²) in [7, 11) is 3.31. The number of alkyl halides is 3. The summed E-state index contributed by atoms with van der Waals surface area (Å²) in [4.78, 5) is 16.3. The maximum Gasteiger partial charge on any atom is 0.416 e. The Morgan fingerprint density at radius 1 is 0.968 bits per heavy atom. The van der Waals surface area contributed by atoms with Gasteiger partial charge in [-0.25, -0.2) is 8.42 Å². The largest absolute Gasteiger partial charge is 0.416 e. The Balaban J connectivity index is 1.95. The second-order valence-electron chi connectivity index (χ2n) is 8.47. The predicted octanol–water partition coefficient (Wildman–Crippen LogP) is 3.29. The number of carbonyl (C=O) groups excluding carboxylic acids is 1. The number of nitrogens with zero attached hydrogens (tertiary/aromatic N) is 3. The molecule has 2 rings (SSSR count). The lowest BCUT2D eigenvalue weighted by molar-refractivity contribution is -0.137. The summed E-state index contributed by atoms with van der Waals surface area (Å²) in [5.74, 6) is -0.0340. The third-order valence-corrected chi connectivity index (χ3v) is 7.82. The SMILES string of the molecule is CN(C)CCCN(C)C(=O)C1CCC(N(C)S(=O)(=O)c2ccc(C(F)(F)F)cc2)CC1. The van der Waals surface area contributed by atoms with Crippen LogP contribution in [-0.4, -0.2) is 75.8 Å². The standard InChI is InChI=1S/C21H32F3N3O3S/c1-25(2)14-5-15-26(3)20(28)16-6-10-18(11-7-16)27(4)31(29,30)19-12-8-17(9-13-19)21(22,23)24/h8-9,12-13,16,18H,5-7,10-11,14-15H2,1-4H3. The van der Waals surface area contributed by atoms with Gasteiger partial charge in [-0.15, -0.1) is 0 Å². The number of benzene rings is 1. The van der Waals surface area contributed by atoms with Gasteiger partial charge in [-0.05, 0) is 77.0 Å².